The van der Waals surface area contributed by atoms with E-state index in [1.165, 1.54) is 44.5 Å². The Morgan fingerprint density at radius 3 is 1.35 bits per heavy atom. The molecule has 0 amide bonds. The van der Waals surface area contributed by atoms with Crippen molar-refractivity contribution < 1.29 is 46.1 Å². The summed E-state index contributed by atoms with van der Waals surface area (Å²) in [5.41, 5.74) is 14.7. The summed E-state index contributed by atoms with van der Waals surface area (Å²) in [6.45, 7) is 23.3. The van der Waals surface area contributed by atoms with Gasteiger partial charge in [-0.3, -0.25) is 0 Å². The summed E-state index contributed by atoms with van der Waals surface area (Å²) in [6.07, 6.45) is 8.29. The maximum Gasteiger partial charge on any atom is -1.00 e. The Bertz CT molecular complexity index is 1740. The minimum Gasteiger partial charge on any atom is -1.00 e. The van der Waals surface area contributed by atoms with Crippen LogP contribution in [0.3, 0.4) is 0 Å². The molecular formula is C45H52Cl2Zr. The molecule has 2 aliphatic carbocycles. The van der Waals surface area contributed by atoms with Gasteiger partial charge in [-0.2, -0.15) is 0 Å². The van der Waals surface area contributed by atoms with Crippen LogP contribution < -0.4 is 24.8 Å². The monoisotopic (exact) mass is 752 g/mol. The molecule has 6 rings (SSSR count). The van der Waals surface area contributed by atoms with E-state index in [9.17, 15) is 0 Å². The minimum atomic E-state index is -2.76. The van der Waals surface area contributed by atoms with Crippen LogP contribution in [0.2, 0.25) is 0 Å². The van der Waals surface area contributed by atoms with Crippen LogP contribution in [0.25, 0.3) is 11.1 Å². The number of benzene rings is 4. The van der Waals surface area contributed by atoms with Crippen LogP contribution in [0.5, 0.6) is 0 Å². The molecule has 0 bridgehead atoms. The number of fused-ring (bicyclic) bond motifs is 3. The molecule has 3 heteroatoms. The largest absolute Gasteiger partial charge is 1.00 e. The summed E-state index contributed by atoms with van der Waals surface area (Å²) in [4.78, 5) is 0. The van der Waals surface area contributed by atoms with Gasteiger partial charge in [-0.1, -0.05) is 0 Å². The predicted molar refractivity (Wildman–Crippen MR) is 197 cm³/mol. The third-order valence-electron chi connectivity index (χ3n) is 10.2. The number of hydrogen-bond acceptors (Lipinski definition) is 0. The average molecular weight is 755 g/mol. The van der Waals surface area contributed by atoms with E-state index < -0.39 is 21.3 Å². The fourth-order valence-corrected chi connectivity index (χ4v) is 16.2. The van der Waals surface area contributed by atoms with E-state index in [0.29, 0.717) is 15.5 Å². The van der Waals surface area contributed by atoms with Crippen LogP contribution in [-0.2, 0) is 32.1 Å². The van der Waals surface area contributed by atoms with Crippen molar-refractivity contribution in [1.82, 2.24) is 0 Å². The quantitative estimate of drug-likeness (QED) is 0.216. The van der Waals surface area contributed by atoms with Gasteiger partial charge in [0, 0.05) is 0 Å². The zero-order valence-corrected chi connectivity index (χ0v) is 34.5. The molecule has 0 radical (unpaired) electrons. The van der Waals surface area contributed by atoms with Crippen LogP contribution in [-0.4, -0.2) is 3.21 Å². The second kappa shape index (κ2) is 14.9. The molecule has 0 aromatic heterocycles. The van der Waals surface area contributed by atoms with E-state index in [1.54, 1.807) is 17.6 Å². The van der Waals surface area contributed by atoms with Gasteiger partial charge in [0.2, 0.25) is 0 Å². The fraction of sp³-hybridized carbons (Fsp3) is 0.356. The maximum atomic E-state index is 2.60. The van der Waals surface area contributed by atoms with E-state index in [0.717, 1.165) is 6.42 Å². The summed E-state index contributed by atoms with van der Waals surface area (Å²) in [6, 6.07) is 34.2. The number of allylic oxidation sites excluding steroid dienone is 4. The molecule has 4 aromatic rings. The normalized spacial score (nSPS) is 13.8. The fourth-order valence-electron chi connectivity index (χ4n) is 7.19. The summed E-state index contributed by atoms with van der Waals surface area (Å²) in [5, 5.41) is 0. The van der Waals surface area contributed by atoms with Gasteiger partial charge in [0.05, 0.1) is 0 Å². The Labute approximate surface area is 311 Å². The molecule has 0 N–H and O–H groups in total. The van der Waals surface area contributed by atoms with Crippen molar-refractivity contribution in [2.45, 2.75) is 102 Å². The molecule has 4 aromatic carbocycles. The topological polar surface area (TPSA) is 0 Å². The van der Waals surface area contributed by atoms with Gasteiger partial charge in [0.1, 0.15) is 0 Å². The molecule has 0 saturated carbocycles. The van der Waals surface area contributed by atoms with E-state index in [1.807, 2.05) is 0 Å². The third kappa shape index (κ3) is 7.55. The second-order valence-corrected chi connectivity index (χ2v) is 22.5. The molecule has 0 unspecified atom stereocenters. The number of halogens is 2. The first kappa shape index (κ1) is 38.5. The van der Waals surface area contributed by atoms with Gasteiger partial charge < -0.3 is 24.8 Å². The SMILES string of the molecule is CC(C)c1ccc([C](c2ccc(C(C)C)cc2)=[Zr+2]([C]2=CC=CC2)[CH]2c3cc(C(C)(C)C)ccc3-c3ccc(C(C)(C)C)cc32)cc1.[Cl-].[Cl-]. The van der Waals surface area contributed by atoms with Crippen molar-refractivity contribution >= 4 is 3.21 Å². The van der Waals surface area contributed by atoms with Crippen molar-refractivity contribution in [2.75, 3.05) is 0 Å². The van der Waals surface area contributed by atoms with Crippen molar-refractivity contribution in [2.24, 2.45) is 0 Å². The standard InChI is InChI=1S/C21H25.C19H22.C5H5.2ClH.Zr/c1-20(2,3)16-7-9-18-14(12-16)11-15-13-17(21(4,5)6)8-10-19(15)18;1-14(2)18-9-5-16(6-10-18)13-17-7-11-19(12-8-17)15(3)4;1-2-4-5-3-1;;;/h7-13H,1-6H3;5-12,14-15H,1-4H3;1-3H,4H2;2*1H;/q;;;;;+2/p-2. The van der Waals surface area contributed by atoms with Crippen molar-refractivity contribution in [3.8, 4) is 11.1 Å². The molecule has 0 heterocycles. The molecule has 48 heavy (non-hydrogen) atoms. The van der Waals surface area contributed by atoms with Gasteiger partial charge in [0.25, 0.3) is 0 Å². The molecule has 2 aliphatic rings. The van der Waals surface area contributed by atoms with E-state index in [-0.39, 0.29) is 35.6 Å². The van der Waals surface area contributed by atoms with Crippen molar-refractivity contribution in [3.05, 3.63) is 151 Å². The Kier molecular flexibility index (Phi) is 11.9. The zero-order chi connectivity index (χ0) is 33.0. The smallest absolute Gasteiger partial charge is 1.00 e. The molecule has 250 valence electrons. The Morgan fingerprint density at radius 2 is 1.02 bits per heavy atom. The van der Waals surface area contributed by atoms with Crippen molar-refractivity contribution in [3.63, 3.8) is 0 Å². The molecule has 0 aliphatic heterocycles. The van der Waals surface area contributed by atoms with Gasteiger partial charge in [-0.25, -0.2) is 0 Å². The second-order valence-electron chi connectivity index (χ2n) is 16.2. The zero-order valence-electron chi connectivity index (χ0n) is 30.5. The molecular weight excluding hydrogens is 703 g/mol. The summed E-state index contributed by atoms with van der Waals surface area (Å²) >= 11 is -2.76. The van der Waals surface area contributed by atoms with Crippen molar-refractivity contribution in [1.29, 1.82) is 0 Å². The van der Waals surface area contributed by atoms with E-state index >= 15 is 0 Å². The maximum absolute atomic E-state index is 2.76. The minimum absolute atomic E-state index is 0. The van der Waals surface area contributed by atoms with Gasteiger partial charge in [0.15, 0.2) is 0 Å². The number of hydrogen-bond donors (Lipinski definition) is 0. The summed E-state index contributed by atoms with van der Waals surface area (Å²) in [7, 11) is 0. The van der Waals surface area contributed by atoms with Crippen LogP contribution in [0.1, 0.15) is 136 Å². The Hall–Kier alpha value is -2.31. The first-order valence-corrected chi connectivity index (χ1v) is 21.2. The molecule has 0 atom stereocenters. The summed E-state index contributed by atoms with van der Waals surface area (Å²) < 4.78 is 3.74. The van der Waals surface area contributed by atoms with Crippen LogP contribution >= 0.6 is 0 Å². The molecule has 0 fully saturated rings. The van der Waals surface area contributed by atoms with E-state index in [2.05, 4.69) is 172 Å². The number of rotatable bonds is 6. The third-order valence-corrected chi connectivity index (χ3v) is 18.5. The van der Waals surface area contributed by atoms with Crippen LogP contribution in [0.4, 0.5) is 0 Å². The first-order chi connectivity index (χ1) is 21.7. The van der Waals surface area contributed by atoms with Crippen LogP contribution in [0, 0.1) is 0 Å². The van der Waals surface area contributed by atoms with Gasteiger partial charge >= 0.3 is 288 Å². The van der Waals surface area contributed by atoms with Gasteiger partial charge in [-0.05, 0) is 0 Å². The van der Waals surface area contributed by atoms with E-state index in [4.69, 9.17) is 0 Å². The van der Waals surface area contributed by atoms with Gasteiger partial charge in [-0.15, -0.1) is 0 Å². The predicted octanol–water partition coefficient (Wildman–Crippen LogP) is 6.34. The molecule has 0 spiro atoms. The van der Waals surface area contributed by atoms with Crippen LogP contribution in [0.15, 0.2) is 106 Å². The Morgan fingerprint density at radius 1 is 0.604 bits per heavy atom. The summed E-state index contributed by atoms with van der Waals surface area (Å²) in [5.74, 6) is 1.03. The Balaban J connectivity index is 0.00000260. The first-order valence-electron chi connectivity index (χ1n) is 17.3. The molecule has 0 nitrogen and oxygen atoms in total. The average Bonchev–Trinajstić information content (AvgIpc) is 3.65. The molecule has 0 saturated heterocycles.